The zero-order chi connectivity index (χ0) is 16.0. The molecule has 2 aromatic rings. The molecule has 4 nitrogen and oxygen atoms in total. The van der Waals surface area contributed by atoms with E-state index in [1.807, 2.05) is 12.1 Å². The third-order valence-electron chi connectivity index (χ3n) is 4.78. The molecule has 3 N–H and O–H groups in total. The van der Waals surface area contributed by atoms with Gasteiger partial charge >= 0.3 is 0 Å². The topological polar surface area (TPSA) is 56.9 Å². The summed E-state index contributed by atoms with van der Waals surface area (Å²) in [4.78, 5) is 15.6. The first kappa shape index (κ1) is 15.1. The maximum Gasteiger partial charge on any atom is 0.267 e. The summed E-state index contributed by atoms with van der Waals surface area (Å²) in [7, 11) is 0. The highest BCUT2D eigenvalue weighted by atomic mass is 35.5. The number of H-pyrrole nitrogens is 1. The zero-order valence-corrected chi connectivity index (χ0v) is 13.9. The standard InChI is InChI=1S/C17H17Cl2N3O/c18-11-3-1-9(7-12(11)19)13-5-6-15(21-13)17(23)22-16-8-10-2-4-14(16)20-10/h1,3,5-7,10,14,16,20-21H,2,4,8H2,(H,22,23)/t10-,14+,16-/m1/s1. The molecule has 0 unspecified atom stereocenters. The van der Waals surface area contributed by atoms with Crippen LogP contribution in [0.1, 0.15) is 29.8 Å². The van der Waals surface area contributed by atoms with Crippen molar-refractivity contribution in [3.63, 3.8) is 0 Å². The Kier molecular flexibility index (Phi) is 3.84. The van der Waals surface area contributed by atoms with Crippen LogP contribution < -0.4 is 10.6 Å². The molecule has 3 atom stereocenters. The lowest BCUT2D eigenvalue weighted by atomic mass is 9.95. The number of aromatic nitrogens is 1. The molecule has 2 fully saturated rings. The van der Waals surface area contributed by atoms with Gasteiger partial charge in [0.2, 0.25) is 0 Å². The Morgan fingerprint density at radius 1 is 1.13 bits per heavy atom. The maximum atomic E-state index is 12.4. The number of aromatic amines is 1. The van der Waals surface area contributed by atoms with E-state index in [-0.39, 0.29) is 11.9 Å². The van der Waals surface area contributed by atoms with Crippen molar-refractivity contribution in [2.75, 3.05) is 0 Å². The van der Waals surface area contributed by atoms with Gasteiger partial charge in [-0.3, -0.25) is 4.79 Å². The van der Waals surface area contributed by atoms with E-state index in [4.69, 9.17) is 23.2 Å². The van der Waals surface area contributed by atoms with E-state index in [0.29, 0.717) is 27.8 Å². The summed E-state index contributed by atoms with van der Waals surface area (Å²) in [5, 5.41) is 7.67. The third kappa shape index (κ3) is 2.87. The van der Waals surface area contributed by atoms with Gasteiger partial charge in [0, 0.05) is 23.8 Å². The number of benzene rings is 1. The van der Waals surface area contributed by atoms with E-state index >= 15 is 0 Å². The fourth-order valence-electron chi connectivity index (χ4n) is 3.59. The van der Waals surface area contributed by atoms with Gasteiger partial charge in [0.1, 0.15) is 5.69 Å². The Morgan fingerprint density at radius 3 is 2.70 bits per heavy atom. The number of fused-ring (bicyclic) bond motifs is 2. The quantitative estimate of drug-likeness (QED) is 0.792. The maximum absolute atomic E-state index is 12.4. The van der Waals surface area contributed by atoms with E-state index in [2.05, 4.69) is 15.6 Å². The molecule has 120 valence electrons. The first-order valence-corrected chi connectivity index (χ1v) is 8.57. The number of nitrogens with one attached hydrogen (secondary N) is 3. The van der Waals surface area contributed by atoms with Crippen LogP contribution in [0, 0.1) is 0 Å². The van der Waals surface area contributed by atoms with Gasteiger partial charge in [-0.1, -0.05) is 29.3 Å². The number of carbonyl (C=O) groups excluding carboxylic acids is 1. The molecule has 0 aliphatic carbocycles. The second kappa shape index (κ2) is 5.86. The monoisotopic (exact) mass is 349 g/mol. The summed E-state index contributed by atoms with van der Waals surface area (Å²) in [6, 6.07) is 10.3. The summed E-state index contributed by atoms with van der Waals surface area (Å²) in [6.45, 7) is 0. The van der Waals surface area contributed by atoms with Crippen molar-refractivity contribution < 1.29 is 4.79 Å². The molecule has 2 bridgehead atoms. The molecule has 2 aliphatic heterocycles. The minimum Gasteiger partial charge on any atom is -0.351 e. The predicted octanol–water partition coefficient (Wildman–Crippen LogP) is 3.61. The average molecular weight is 350 g/mol. The van der Waals surface area contributed by atoms with Crippen LogP contribution in [0.15, 0.2) is 30.3 Å². The lowest BCUT2D eigenvalue weighted by Crippen LogP contribution is -2.43. The SMILES string of the molecule is O=C(N[C@@H]1C[C@H]2CC[C@@H]1N2)c1ccc(-c2ccc(Cl)c(Cl)c2)[nH]1. The van der Waals surface area contributed by atoms with Gasteiger partial charge in [-0.25, -0.2) is 0 Å². The van der Waals surface area contributed by atoms with Crippen molar-refractivity contribution in [3.8, 4) is 11.3 Å². The molecule has 4 rings (SSSR count). The predicted molar refractivity (Wildman–Crippen MR) is 92.1 cm³/mol. The zero-order valence-electron chi connectivity index (χ0n) is 12.4. The van der Waals surface area contributed by atoms with Gasteiger partial charge in [-0.15, -0.1) is 0 Å². The highest BCUT2D eigenvalue weighted by Crippen LogP contribution is 2.29. The lowest BCUT2D eigenvalue weighted by Gasteiger charge is -2.21. The number of hydrogen-bond acceptors (Lipinski definition) is 2. The van der Waals surface area contributed by atoms with Crippen LogP contribution in [0.3, 0.4) is 0 Å². The Hall–Kier alpha value is -1.49. The van der Waals surface area contributed by atoms with Crippen LogP contribution in [0.2, 0.25) is 10.0 Å². The van der Waals surface area contributed by atoms with Gasteiger partial charge in [0.05, 0.1) is 10.0 Å². The molecular weight excluding hydrogens is 333 g/mol. The van der Waals surface area contributed by atoms with Crippen LogP contribution in [-0.4, -0.2) is 29.0 Å². The Labute approximate surface area is 144 Å². The summed E-state index contributed by atoms with van der Waals surface area (Å²) >= 11 is 12.0. The fourth-order valence-corrected chi connectivity index (χ4v) is 3.89. The number of rotatable bonds is 3. The molecule has 23 heavy (non-hydrogen) atoms. The molecule has 6 heteroatoms. The number of halogens is 2. The largest absolute Gasteiger partial charge is 0.351 e. The summed E-state index contributed by atoms with van der Waals surface area (Å²) in [6.07, 6.45) is 3.40. The van der Waals surface area contributed by atoms with Gasteiger partial charge in [0.25, 0.3) is 5.91 Å². The molecule has 1 aromatic heterocycles. The van der Waals surface area contributed by atoms with Crippen LogP contribution in [0.25, 0.3) is 11.3 Å². The van der Waals surface area contributed by atoms with E-state index in [1.54, 1.807) is 18.2 Å². The highest BCUT2D eigenvalue weighted by Gasteiger charge is 2.39. The Balaban J connectivity index is 1.48. The molecule has 0 saturated carbocycles. The Morgan fingerprint density at radius 2 is 2.00 bits per heavy atom. The minimum atomic E-state index is -0.0596. The molecular formula is C17H17Cl2N3O. The van der Waals surface area contributed by atoms with Crippen LogP contribution >= 0.6 is 23.2 Å². The first-order valence-electron chi connectivity index (χ1n) is 7.81. The van der Waals surface area contributed by atoms with Gasteiger partial charge in [-0.2, -0.15) is 0 Å². The van der Waals surface area contributed by atoms with Gasteiger partial charge in [-0.05, 0) is 49.1 Å². The van der Waals surface area contributed by atoms with Crippen molar-refractivity contribution >= 4 is 29.1 Å². The van der Waals surface area contributed by atoms with E-state index in [1.165, 1.54) is 6.42 Å². The Bertz CT molecular complexity index is 758. The molecule has 1 amide bonds. The van der Waals surface area contributed by atoms with E-state index in [9.17, 15) is 4.79 Å². The molecule has 1 aromatic carbocycles. The smallest absolute Gasteiger partial charge is 0.267 e. The van der Waals surface area contributed by atoms with Gasteiger partial charge in [0.15, 0.2) is 0 Å². The highest BCUT2D eigenvalue weighted by molar-refractivity contribution is 6.42. The van der Waals surface area contributed by atoms with Crippen LogP contribution in [0.5, 0.6) is 0 Å². The van der Waals surface area contributed by atoms with E-state index < -0.39 is 0 Å². The number of amides is 1. The van der Waals surface area contributed by atoms with Crippen molar-refractivity contribution in [2.45, 2.75) is 37.4 Å². The van der Waals surface area contributed by atoms with Gasteiger partial charge < -0.3 is 15.6 Å². The fraction of sp³-hybridized carbons (Fsp3) is 0.353. The van der Waals surface area contributed by atoms with Crippen molar-refractivity contribution in [3.05, 3.63) is 46.1 Å². The van der Waals surface area contributed by atoms with Crippen LogP contribution in [0.4, 0.5) is 0 Å². The van der Waals surface area contributed by atoms with E-state index in [0.717, 1.165) is 24.1 Å². The summed E-state index contributed by atoms with van der Waals surface area (Å²) < 4.78 is 0. The molecule has 3 heterocycles. The minimum absolute atomic E-state index is 0.0596. The number of hydrogen-bond donors (Lipinski definition) is 3. The number of carbonyl (C=O) groups is 1. The second-order valence-electron chi connectivity index (χ2n) is 6.28. The second-order valence-corrected chi connectivity index (χ2v) is 7.09. The molecule has 0 radical (unpaired) electrons. The third-order valence-corrected chi connectivity index (χ3v) is 5.52. The molecule has 2 aliphatic rings. The normalized spacial score (nSPS) is 25.7. The lowest BCUT2D eigenvalue weighted by molar-refractivity contribution is 0.0926. The average Bonchev–Trinajstić information content (AvgIpc) is 3.25. The molecule has 0 spiro atoms. The summed E-state index contributed by atoms with van der Waals surface area (Å²) in [5.41, 5.74) is 2.31. The van der Waals surface area contributed by atoms with Crippen molar-refractivity contribution in [1.82, 2.24) is 15.6 Å². The molecule has 2 saturated heterocycles. The van der Waals surface area contributed by atoms with Crippen LogP contribution in [-0.2, 0) is 0 Å². The first-order chi connectivity index (χ1) is 11.1. The van der Waals surface area contributed by atoms with Crippen molar-refractivity contribution in [2.24, 2.45) is 0 Å². The van der Waals surface area contributed by atoms with Crippen molar-refractivity contribution in [1.29, 1.82) is 0 Å². The summed E-state index contributed by atoms with van der Waals surface area (Å²) in [5.74, 6) is -0.0596.